The molecule has 0 unspecified atom stereocenters. The summed E-state index contributed by atoms with van der Waals surface area (Å²) in [7, 11) is 0. The molecule has 28 heavy (non-hydrogen) atoms. The summed E-state index contributed by atoms with van der Waals surface area (Å²) in [5.41, 5.74) is 7.25. The van der Waals surface area contributed by atoms with Crippen molar-refractivity contribution >= 4 is 45.9 Å². The Bertz CT molecular complexity index is 906. The summed E-state index contributed by atoms with van der Waals surface area (Å²) in [4.78, 5) is 38.4. The van der Waals surface area contributed by atoms with Gasteiger partial charge in [0.05, 0.1) is 11.1 Å². The van der Waals surface area contributed by atoms with E-state index in [4.69, 9.17) is 10.5 Å². The number of esters is 1. The first-order valence-corrected chi connectivity index (χ1v) is 11.0. The topological polar surface area (TPSA) is 98.5 Å². The Morgan fingerprint density at radius 3 is 2.64 bits per heavy atom. The number of nitrogens with two attached hydrogens (primary N) is 1. The van der Waals surface area contributed by atoms with Gasteiger partial charge in [0.25, 0.3) is 11.8 Å². The number of thiophene rings is 1. The quantitative estimate of drug-likeness (QED) is 0.553. The van der Waals surface area contributed by atoms with Gasteiger partial charge in [-0.1, -0.05) is 6.92 Å². The number of benzene rings is 1. The van der Waals surface area contributed by atoms with E-state index in [9.17, 15) is 14.4 Å². The molecule has 1 atom stereocenters. The summed E-state index contributed by atoms with van der Waals surface area (Å²) in [5.74, 6) is -1.08. The molecule has 1 aromatic carbocycles. The third kappa shape index (κ3) is 4.56. The van der Waals surface area contributed by atoms with Crippen molar-refractivity contribution in [3.05, 3.63) is 45.8 Å². The lowest BCUT2D eigenvalue weighted by Gasteiger charge is -2.18. The molecule has 3 N–H and O–H groups in total. The number of carbonyl (C=O) groups is 3. The van der Waals surface area contributed by atoms with Crippen molar-refractivity contribution in [1.29, 1.82) is 0 Å². The van der Waals surface area contributed by atoms with Crippen molar-refractivity contribution < 1.29 is 19.1 Å². The average molecular weight is 419 g/mol. The summed E-state index contributed by atoms with van der Waals surface area (Å²) >= 11 is 2.95. The molecule has 2 amide bonds. The maximum atomic E-state index is 12.3. The van der Waals surface area contributed by atoms with Crippen LogP contribution in [0.25, 0.3) is 0 Å². The van der Waals surface area contributed by atoms with Crippen LogP contribution in [0, 0.1) is 5.92 Å². The van der Waals surface area contributed by atoms with Gasteiger partial charge in [0.2, 0.25) is 0 Å². The standard InChI is InChI=1S/C20H22N2O4S2/c1-11-3-8-14-15(9-11)28-19(17(14)18(21)24)22-16(23)10-26-20(25)12-4-6-13(27-2)7-5-12/h4-7,11H,3,8-10H2,1-2H3,(H2,21,24)(H,22,23)/t11-/m1/s1. The first kappa shape index (κ1) is 20.4. The highest BCUT2D eigenvalue weighted by Crippen LogP contribution is 2.39. The van der Waals surface area contributed by atoms with Crippen LogP contribution < -0.4 is 11.1 Å². The minimum atomic E-state index is -0.572. The minimum absolute atomic E-state index is 0.379. The predicted octanol–water partition coefficient (Wildman–Crippen LogP) is 3.49. The molecular formula is C20H22N2O4S2. The second kappa shape index (κ2) is 8.79. The molecule has 0 saturated heterocycles. The van der Waals surface area contributed by atoms with Gasteiger partial charge < -0.3 is 15.8 Å². The highest BCUT2D eigenvalue weighted by atomic mass is 32.2. The largest absolute Gasteiger partial charge is 0.452 e. The third-order valence-corrected chi connectivity index (χ3v) is 6.58. The fourth-order valence-corrected chi connectivity index (χ4v) is 5.04. The molecule has 8 heteroatoms. The van der Waals surface area contributed by atoms with Gasteiger partial charge in [-0.2, -0.15) is 0 Å². The number of nitrogens with one attached hydrogen (secondary N) is 1. The average Bonchev–Trinajstić information content (AvgIpc) is 3.03. The van der Waals surface area contributed by atoms with Gasteiger partial charge in [-0.15, -0.1) is 23.1 Å². The van der Waals surface area contributed by atoms with Crippen molar-refractivity contribution in [3.8, 4) is 0 Å². The van der Waals surface area contributed by atoms with Crippen LogP contribution in [-0.4, -0.2) is 30.6 Å². The number of carbonyl (C=O) groups excluding carboxylic acids is 3. The van der Waals surface area contributed by atoms with Crippen LogP contribution >= 0.6 is 23.1 Å². The number of hydrogen-bond donors (Lipinski definition) is 2. The van der Waals surface area contributed by atoms with Crippen LogP contribution in [0.2, 0.25) is 0 Å². The Labute approximate surface area is 171 Å². The Kier molecular flexibility index (Phi) is 6.41. The normalized spacial score (nSPS) is 15.6. The van der Waals surface area contributed by atoms with Crippen LogP contribution in [0.5, 0.6) is 0 Å². The summed E-state index contributed by atoms with van der Waals surface area (Å²) in [6, 6.07) is 6.95. The fourth-order valence-electron chi connectivity index (χ4n) is 3.20. The maximum Gasteiger partial charge on any atom is 0.338 e. The molecule has 0 bridgehead atoms. The molecule has 1 aliphatic carbocycles. The van der Waals surface area contributed by atoms with E-state index in [0.717, 1.165) is 34.6 Å². The monoisotopic (exact) mass is 418 g/mol. The molecule has 1 aliphatic rings. The van der Waals surface area contributed by atoms with Gasteiger partial charge >= 0.3 is 5.97 Å². The van der Waals surface area contributed by atoms with E-state index in [1.165, 1.54) is 11.3 Å². The molecule has 6 nitrogen and oxygen atoms in total. The second-order valence-electron chi connectivity index (χ2n) is 6.77. The predicted molar refractivity (Wildman–Crippen MR) is 111 cm³/mol. The maximum absolute atomic E-state index is 12.3. The molecule has 1 heterocycles. The van der Waals surface area contributed by atoms with Gasteiger partial charge in [0.15, 0.2) is 6.61 Å². The summed E-state index contributed by atoms with van der Waals surface area (Å²) < 4.78 is 5.09. The number of fused-ring (bicyclic) bond motifs is 1. The van der Waals surface area contributed by atoms with Crippen LogP contribution in [0.4, 0.5) is 5.00 Å². The molecule has 0 aliphatic heterocycles. The lowest BCUT2D eigenvalue weighted by molar-refractivity contribution is -0.119. The Balaban J connectivity index is 1.64. The van der Waals surface area contributed by atoms with Crippen LogP contribution in [0.1, 0.15) is 44.5 Å². The van der Waals surface area contributed by atoms with Gasteiger partial charge in [-0.05, 0) is 61.3 Å². The molecule has 148 valence electrons. The molecule has 2 aromatic rings. The van der Waals surface area contributed by atoms with Crippen LogP contribution in [-0.2, 0) is 22.4 Å². The third-order valence-electron chi connectivity index (χ3n) is 4.67. The van der Waals surface area contributed by atoms with Gasteiger partial charge in [-0.3, -0.25) is 9.59 Å². The minimum Gasteiger partial charge on any atom is -0.452 e. The summed E-state index contributed by atoms with van der Waals surface area (Å²) in [6.45, 7) is 1.73. The van der Waals surface area contributed by atoms with E-state index < -0.39 is 24.4 Å². The second-order valence-corrected chi connectivity index (χ2v) is 8.76. The van der Waals surface area contributed by atoms with E-state index in [1.807, 2.05) is 18.4 Å². The number of thioether (sulfide) groups is 1. The molecule has 3 rings (SSSR count). The van der Waals surface area contributed by atoms with E-state index >= 15 is 0 Å². The Hall–Kier alpha value is -2.32. The molecule has 0 spiro atoms. The SMILES string of the molecule is CSc1ccc(C(=O)OCC(=O)Nc2sc3c(c2C(N)=O)CC[C@@H](C)C3)cc1. The zero-order valence-electron chi connectivity index (χ0n) is 15.7. The molecule has 0 fully saturated rings. The highest BCUT2D eigenvalue weighted by molar-refractivity contribution is 7.98. The van der Waals surface area contributed by atoms with Crippen LogP contribution in [0.3, 0.4) is 0 Å². The zero-order chi connectivity index (χ0) is 20.3. The molecule has 1 aromatic heterocycles. The van der Waals surface area contributed by atoms with Crippen molar-refractivity contribution in [1.82, 2.24) is 0 Å². The lowest BCUT2D eigenvalue weighted by Crippen LogP contribution is -2.23. The van der Waals surface area contributed by atoms with E-state index in [0.29, 0.717) is 22.0 Å². The Morgan fingerprint density at radius 2 is 2.00 bits per heavy atom. The number of rotatable bonds is 6. The zero-order valence-corrected chi connectivity index (χ0v) is 17.4. The number of ether oxygens (including phenoxy) is 1. The molecule has 0 radical (unpaired) electrons. The van der Waals surface area contributed by atoms with Crippen molar-refractivity contribution in [3.63, 3.8) is 0 Å². The smallest absolute Gasteiger partial charge is 0.338 e. The fraction of sp³-hybridized carbons (Fsp3) is 0.350. The summed E-state index contributed by atoms with van der Waals surface area (Å²) in [6.07, 6.45) is 4.59. The van der Waals surface area contributed by atoms with Crippen molar-refractivity contribution in [2.45, 2.75) is 31.1 Å². The van der Waals surface area contributed by atoms with E-state index in [-0.39, 0.29) is 0 Å². The number of primary amides is 1. The molecular weight excluding hydrogens is 396 g/mol. The summed E-state index contributed by atoms with van der Waals surface area (Å²) in [5, 5.41) is 3.13. The number of hydrogen-bond acceptors (Lipinski definition) is 6. The van der Waals surface area contributed by atoms with E-state index in [1.54, 1.807) is 23.9 Å². The van der Waals surface area contributed by atoms with Gasteiger partial charge in [-0.25, -0.2) is 4.79 Å². The highest BCUT2D eigenvalue weighted by Gasteiger charge is 2.27. The van der Waals surface area contributed by atoms with Crippen molar-refractivity contribution in [2.75, 3.05) is 18.2 Å². The first-order valence-electron chi connectivity index (χ1n) is 8.94. The van der Waals surface area contributed by atoms with E-state index in [2.05, 4.69) is 12.2 Å². The van der Waals surface area contributed by atoms with Gasteiger partial charge in [0, 0.05) is 9.77 Å². The number of amides is 2. The molecule has 0 saturated carbocycles. The first-order chi connectivity index (χ1) is 13.4. The lowest BCUT2D eigenvalue weighted by atomic mass is 9.88. The number of anilines is 1. The Morgan fingerprint density at radius 1 is 1.29 bits per heavy atom. The van der Waals surface area contributed by atoms with Crippen molar-refractivity contribution in [2.24, 2.45) is 11.7 Å². The van der Waals surface area contributed by atoms with Crippen LogP contribution in [0.15, 0.2) is 29.2 Å². The van der Waals surface area contributed by atoms with Gasteiger partial charge in [0.1, 0.15) is 5.00 Å².